The molecule has 0 fully saturated rings. The van der Waals surface area contributed by atoms with Crippen molar-refractivity contribution in [2.45, 2.75) is 27.2 Å². The Kier molecular flexibility index (Phi) is 5.73. The molecule has 0 atom stereocenters. The second-order valence-electron chi connectivity index (χ2n) is 6.50. The lowest BCUT2D eigenvalue weighted by Gasteiger charge is -2.12. The van der Waals surface area contributed by atoms with Gasteiger partial charge in [-0.05, 0) is 39.0 Å². The molecule has 0 aliphatic rings. The maximum Gasteiger partial charge on any atom is 0.227 e. The predicted molar refractivity (Wildman–Crippen MR) is 108 cm³/mol. The van der Waals surface area contributed by atoms with E-state index in [0.717, 1.165) is 39.7 Å². The molecule has 3 aromatic rings. The minimum absolute atomic E-state index is 0.104. The van der Waals surface area contributed by atoms with Gasteiger partial charge in [-0.3, -0.25) is 9.48 Å². The molecule has 0 radical (unpaired) electrons. The second-order valence-corrected chi connectivity index (χ2v) is 6.50. The van der Waals surface area contributed by atoms with Gasteiger partial charge in [0.05, 0.1) is 30.1 Å². The van der Waals surface area contributed by atoms with Gasteiger partial charge < -0.3 is 10.1 Å². The Bertz CT molecular complexity index is 1010. The van der Waals surface area contributed by atoms with Crippen LogP contribution in [0.3, 0.4) is 0 Å². The molecule has 7 nitrogen and oxygen atoms in total. The van der Waals surface area contributed by atoms with Gasteiger partial charge in [0.2, 0.25) is 5.91 Å². The third kappa shape index (κ3) is 3.88. The summed E-state index contributed by atoms with van der Waals surface area (Å²) in [7, 11) is 3.51. The van der Waals surface area contributed by atoms with E-state index in [0.29, 0.717) is 12.4 Å². The fraction of sp³-hybridized carbons (Fsp3) is 0.333. The molecular formula is C21H25N5O2. The van der Waals surface area contributed by atoms with Crippen molar-refractivity contribution < 1.29 is 9.53 Å². The molecular weight excluding hydrogens is 354 g/mol. The fourth-order valence-electron chi connectivity index (χ4n) is 3.18. The second kappa shape index (κ2) is 8.21. The number of carbonyl (C=O) groups is 1. The van der Waals surface area contributed by atoms with Crippen LogP contribution in [0.15, 0.2) is 30.3 Å². The number of nitrogens with zero attached hydrogens (tertiary/aromatic N) is 4. The molecule has 0 aliphatic heterocycles. The summed E-state index contributed by atoms with van der Waals surface area (Å²) in [6.07, 6.45) is 0.104. The van der Waals surface area contributed by atoms with Crippen molar-refractivity contribution in [1.29, 1.82) is 0 Å². The highest BCUT2D eigenvalue weighted by Crippen LogP contribution is 2.32. The summed E-state index contributed by atoms with van der Waals surface area (Å²) >= 11 is 0. The minimum Gasteiger partial charge on any atom is -0.493 e. The van der Waals surface area contributed by atoms with Crippen molar-refractivity contribution in [3.8, 4) is 28.3 Å². The zero-order valence-electron chi connectivity index (χ0n) is 16.9. The average Bonchev–Trinajstić information content (AvgIpc) is 2.93. The van der Waals surface area contributed by atoms with E-state index in [4.69, 9.17) is 4.74 Å². The first-order valence-corrected chi connectivity index (χ1v) is 9.25. The van der Waals surface area contributed by atoms with Crippen molar-refractivity contribution in [2.75, 3.05) is 13.7 Å². The topological polar surface area (TPSA) is 81.9 Å². The lowest BCUT2D eigenvalue weighted by Crippen LogP contribution is -2.21. The van der Waals surface area contributed by atoms with E-state index in [1.807, 2.05) is 62.8 Å². The number of amides is 1. The van der Waals surface area contributed by atoms with Crippen LogP contribution in [0.4, 0.5) is 0 Å². The highest BCUT2D eigenvalue weighted by Gasteiger charge is 2.18. The van der Waals surface area contributed by atoms with Gasteiger partial charge in [0, 0.05) is 30.9 Å². The molecule has 0 aliphatic carbocycles. The standard InChI is InChI=1S/C21H25N5O2/c1-6-28-18-10-8-7-9-15(18)16-11-17(21-13(2)25-26(5)14(21)3)24-19(23-16)12-20(27)22-4/h7-11H,6,12H2,1-5H3,(H,22,27). The third-order valence-electron chi connectivity index (χ3n) is 4.60. The van der Waals surface area contributed by atoms with Crippen LogP contribution in [0.5, 0.6) is 5.75 Å². The molecule has 1 aromatic carbocycles. The molecule has 7 heteroatoms. The summed E-state index contributed by atoms with van der Waals surface area (Å²) in [6.45, 7) is 6.46. The highest BCUT2D eigenvalue weighted by molar-refractivity contribution is 5.79. The number of aromatic nitrogens is 4. The average molecular weight is 379 g/mol. The van der Waals surface area contributed by atoms with E-state index < -0.39 is 0 Å². The Balaban J connectivity index is 2.20. The van der Waals surface area contributed by atoms with Crippen LogP contribution >= 0.6 is 0 Å². The van der Waals surface area contributed by atoms with E-state index in [1.54, 1.807) is 7.05 Å². The monoisotopic (exact) mass is 379 g/mol. The number of ether oxygens (including phenoxy) is 1. The minimum atomic E-state index is -0.138. The molecule has 2 aromatic heterocycles. The molecule has 0 saturated heterocycles. The largest absolute Gasteiger partial charge is 0.493 e. The van der Waals surface area contributed by atoms with Gasteiger partial charge >= 0.3 is 0 Å². The quantitative estimate of drug-likeness (QED) is 0.712. The third-order valence-corrected chi connectivity index (χ3v) is 4.60. The van der Waals surface area contributed by atoms with E-state index in [9.17, 15) is 4.79 Å². The van der Waals surface area contributed by atoms with Gasteiger partial charge in [-0.1, -0.05) is 12.1 Å². The SMILES string of the molecule is CCOc1ccccc1-c1cc(-c2c(C)nn(C)c2C)nc(CC(=O)NC)n1. The normalized spacial score (nSPS) is 10.8. The molecule has 2 heterocycles. The number of hydrogen-bond donors (Lipinski definition) is 1. The maximum atomic E-state index is 12.0. The molecule has 3 rings (SSSR count). The number of rotatable bonds is 6. The molecule has 0 spiro atoms. The van der Waals surface area contributed by atoms with E-state index in [2.05, 4.69) is 20.4 Å². The van der Waals surface area contributed by atoms with Crippen molar-refractivity contribution >= 4 is 5.91 Å². The summed E-state index contributed by atoms with van der Waals surface area (Å²) in [5.74, 6) is 1.07. The molecule has 146 valence electrons. The van der Waals surface area contributed by atoms with Crippen LogP contribution in [0, 0.1) is 13.8 Å². The van der Waals surface area contributed by atoms with Crippen LogP contribution in [0.25, 0.3) is 22.5 Å². The first-order valence-electron chi connectivity index (χ1n) is 9.25. The van der Waals surface area contributed by atoms with Gasteiger partial charge in [0.1, 0.15) is 11.6 Å². The Labute approximate surface area is 164 Å². The summed E-state index contributed by atoms with van der Waals surface area (Å²) < 4.78 is 7.61. The lowest BCUT2D eigenvalue weighted by atomic mass is 10.1. The number of carbonyl (C=O) groups excluding carboxylic acids is 1. The van der Waals surface area contributed by atoms with Gasteiger partial charge in [-0.25, -0.2) is 9.97 Å². The molecule has 1 N–H and O–H groups in total. The van der Waals surface area contributed by atoms with Gasteiger partial charge in [0.25, 0.3) is 0 Å². The maximum absolute atomic E-state index is 12.0. The zero-order chi connectivity index (χ0) is 20.3. The molecule has 0 bridgehead atoms. The number of benzene rings is 1. The van der Waals surface area contributed by atoms with Crippen LogP contribution in [0.2, 0.25) is 0 Å². The van der Waals surface area contributed by atoms with Gasteiger partial charge in [-0.2, -0.15) is 5.10 Å². The lowest BCUT2D eigenvalue weighted by molar-refractivity contribution is -0.120. The van der Waals surface area contributed by atoms with E-state index >= 15 is 0 Å². The van der Waals surface area contributed by atoms with Crippen molar-refractivity contribution in [3.63, 3.8) is 0 Å². The molecule has 0 saturated carbocycles. The Hall–Kier alpha value is -3.22. The van der Waals surface area contributed by atoms with Crippen LogP contribution < -0.4 is 10.1 Å². The fourth-order valence-corrected chi connectivity index (χ4v) is 3.18. The number of para-hydroxylation sites is 1. The van der Waals surface area contributed by atoms with Crippen molar-refractivity contribution in [3.05, 3.63) is 47.5 Å². The van der Waals surface area contributed by atoms with Crippen LogP contribution in [0.1, 0.15) is 24.1 Å². The number of hydrogen-bond acceptors (Lipinski definition) is 5. The smallest absolute Gasteiger partial charge is 0.227 e. The molecule has 0 unspecified atom stereocenters. The summed E-state index contributed by atoms with van der Waals surface area (Å²) in [5.41, 5.74) is 5.18. The summed E-state index contributed by atoms with van der Waals surface area (Å²) in [5, 5.41) is 7.13. The Morgan fingerprint density at radius 2 is 1.89 bits per heavy atom. The molecule has 1 amide bonds. The van der Waals surface area contributed by atoms with E-state index in [-0.39, 0.29) is 12.3 Å². The number of aryl methyl sites for hydroxylation is 2. The predicted octanol–water partition coefficient (Wildman–Crippen LogP) is 2.85. The zero-order valence-corrected chi connectivity index (χ0v) is 16.9. The van der Waals surface area contributed by atoms with Crippen LogP contribution in [-0.2, 0) is 18.3 Å². The van der Waals surface area contributed by atoms with Crippen molar-refractivity contribution in [1.82, 2.24) is 25.1 Å². The molecule has 28 heavy (non-hydrogen) atoms. The van der Waals surface area contributed by atoms with Gasteiger partial charge in [0.15, 0.2) is 0 Å². The number of likely N-dealkylation sites (N-methyl/N-ethyl adjacent to an activating group) is 1. The van der Waals surface area contributed by atoms with Crippen LogP contribution in [-0.4, -0.2) is 39.3 Å². The summed E-state index contributed by atoms with van der Waals surface area (Å²) in [4.78, 5) is 21.3. The highest BCUT2D eigenvalue weighted by atomic mass is 16.5. The van der Waals surface area contributed by atoms with E-state index in [1.165, 1.54) is 0 Å². The first-order chi connectivity index (χ1) is 13.4. The Morgan fingerprint density at radius 1 is 1.18 bits per heavy atom. The summed E-state index contributed by atoms with van der Waals surface area (Å²) in [6, 6.07) is 9.68. The first kappa shape index (κ1) is 19.5. The van der Waals surface area contributed by atoms with Crippen molar-refractivity contribution in [2.24, 2.45) is 7.05 Å². The number of nitrogens with one attached hydrogen (secondary N) is 1. The van der Waals surface area contributed by atoms with Gasteiger partial charge in [-0.15, -0.1) is 0 Å². The Morgan fingerprint density at radius 3 is 2.54 bits per heavy atom.